The summed E-state index contributed by atoms with van der Waals surface area (Å²) >= 11 is 0. The minimum Gasteiger partial charge on any atom is -0.349 e. The van der Waals surface area contributed by atoms with Crippen LogP contribution in [0.25, 0.3) is 0 Å². The molecular weight excluding hydrogens is 414 g/mol. The van der Waals surface area contributed by atoms with Crippen molar-refractivity contribution in [2.24, 2.45) is 10.8 Å². The molecule has 1 saturated heterocycles. The lowest BCUT2D eigenvalue weighted by Gasteiger charge is -2.39. The molecule has 5 rings (SSSR count). The molecule has 2 saturated carbocycles. The number of nitrogens with zero attached hydrogens (tertiary/aromatic N) is 2. The molecule has 0 radical (unpaired) electrons. The maximum Gasteiger partial charge on any atom is 0.259 e. The number of aromatic nitrogens is 1. The van der Waals surface area contributed by atoms with Gasteiger partial charge in [-0.05, 0) is 48.5 Å². The second-order valence-electron chi connectivity index (χ2n) is 11.5. The first-order valence-corrected chi connectivity index (χ1v) is 12.0. The average molecular weight is 448 g/mol. The molecule has 0 unspecified atom stereocenters. The Kier molecular flexibility index (Phi) is 5.22. The Morgan fingerprint density at radius 2 is 1.73 bits per heavy atom. The van der Waals surface area contributed by atoms with Gasteiger partial charge in [-0.3, -0.25) is 14.4 Å². The van der Waals surface area contributed by atoms with E-state index < -0.39 is 5.43 Å². The van der Waals surface area contributed by atoms with E-state index in [-0.39, 0.29) is 45.9 Å². The number of hydrogen-bond donors (Lipinski definition) is 1. The van der Waals surface area contributed by atoms with Crippen LogP contribution < -0.4 is 10.7 Å². The van der Waals surface area contributed by atoms with Gasteiger partial charge in [0, 0.05) is 37.6 Å². The van der Waals surface area contributed by atoms with Crippen LogP contribution in [-0.4, -0.2) is 39.9 Å². The highest BCUT2D eigenvalue weighted by Crippen LogP contribution is 2.52. The summed E-state index contributed by atoms with van der Waals surface area (Å²) in [6, 6.07) is 10.1. The van der Waals surface area contributed by atoms with Gasteiger partial charge < -0.3 is 14.8 Å². The number of amides is 2. The van der Waals surface area contributed by atoms with Crippen molar-refractivity contribution >= 4 is 11.8 Å². The van der Waals surface area contributed by atoms with Crippen LogP contribution in [0.3, 0.4) is 0 Å². The molecule has 3 aliphatic rings. The summed E-state index contributed by atoms with van der Waals surface area (Å²) in [7, 11) is 0. The lowest BCUT2D eigenvalue weighted by Crippen LogP contribution is -2.41. The van der Waals surface area contributed by atoms with Crippen LogP contribution in [0.5, 0.6) is 0 Å². The van der Waals surface area contributed by atoms with E-state index in [4.69, 9.17) is 0 Å². The predicted molar refractivity (Wildman–Crippen MR) is 127 cm³/mol. The van der Waals surface area contributed by atoms with Gasteiger partial charge in [-0.25, -0.2) is 0 Å². The van der Waals surface area contributed by atoms with Crippen molar-refractivity contribution in [3.05, 3.63) is 69.6 Å². The molecule has 2 bridgehead atoms. The van der Waals surface area contributed by atoms with Crippen molar-refractivity contribution in [1.29, 1.82) is 0 Å². The Bertz CT molecular complexity index is 1150. The quantitative estimate of drug-likeness (QED) is 0.757. The molecule has 1 aromatic carbocycles. The monoisotopic (exact) mass is 447 g/mol. The smallest absolute Gasteiger partial charge is 0.259 e. The van der Waals surface area contributed by atoms with E-state index in [1.54, 1.807) is 17.0 Å². The molecule has 3 fully saturated rings. The first-order chi connectivity index (χ1) is 15.6. The number of fused-ring (bicyclic) bond motifs is 2. The zero-order valence-electron chi connectivity index (χ0n) is 19.8. The Hall–Kier alpha value is -2.89. The number of likely N-dealkylation sites (tertiary alicyclic amines) is 1. The number of carbonyl (C=O) groups excluding carboxylic acids is 2. The second kappa shape index (κ2) is 7.86. The van der Waals surface area contributed by atoms with Gasteiger partial charge in [0.15, 0.2) is 0 Å². The van der Waals surface area contributed by atoms with Crippen LogP contribution in [0.2, 0.25) is 0 Å². The topological polar surface area (TPSA) is 71.4 Å². The summed E-state index contributed by atoms with van der Waals surface area (Å²) in [5.74, 6) is -0.624. The standard InChI is InChI=1S/C27H33N3O3/c1-26(2)11-20-12-27(3,16-26)17-30(20)25(33)22-15-29(13-18-7-5-4-6-8-18)14-21(23(22)31)24(32)28-19-9-10-19/h4-8,14-15,19-20H,9-13,16-17H2,1-3H3,(H,28,32)/t20-,27+/m1/s1. The van der Waals surface area contributed by atoms with Crippen molar-refractivity contribution in [3.8, 4) is 0 Å². The average Bonchev–Trinajstić information content (AvgIpc) is 3.51. The van der Waals surface area contributed by atoms with Gasteiger partial charge in [0.25, 0.3) is 11.8 Å². The number of rotatable bonds is 5. The van der Waals surface area contributed by atoms with Crippen molar-refractivity contribution in [3.63, 3.8) is 0 Å². The van der Waals surface area contributed by atoms with E-state index in [1.807, 2.05) is 35.2 Å². The van der Waals surface area contributed by atoms with Crippen molar-refractivity contribution in [1.82, 2.24) is 14.8 Å². The molecule has 2 amide bonds. The molecular formula is C27H33N3O3. The van der Waals surface area contributed by atoms with Gasteiger partial charge in [0.05, 0.1) is 0 Å². The summed E-state index contributed by atoms with van der Waals surface area (Å²) in [5, 5.41) is 2.91. The molecule has 2 atom stereocenters. The van der Waals surface area contributed by atoms with Gasteiger partial charge in [-0.1, -0.05) is 51.1 Å². The number of carbonyl (C=O) groups is 2. The third-order valence-electron chi connectivity index (χ3n) is 7.35. The van der Waals surface area contributed by atoms with E-state index in [1.165, 1.54) is 0 Å². The van der Waals surface area contributed by atoms with Crippen LogP contribution in [0.1, 0.15) is 79.2 Å². The van der Waals surface area contributed by atoms with Gasteiger partial charge in [0.1, 0.15) is 11.1 Å². The molecule has 2 aromatic rings. The minimum absolute atomic E-state index is 0.0531. The largest absolute Gasteiger partial charge is 0.349 e. The van der Waals surface area contributed by atoms with E-state index in [0.717, 1.165) is 37.7 Å². The molecule has 0 spiro atoms. The Balaban J connectivity index is 1.51. The number of pyridine rings is 1. The Morgan fingerprint density at radius 3 is 2.42 bits per heavy atom. The highest BCUT2D eigenvalue weighted by Gasteiger charge is 2.51. The SMILES string of the molecule is CC1(C)C[C@@H]2C[C@](C)(CN2C(=O)c2cn(Cc3ccccc3)cc(C(=O)NC3CC3)c2=O)C1. The van der Waals surface area contributed by atoms with E-state index in [2.05, 4.69) is 26.1 Å². The molecule has 1 aliphatic heterocycles. The first kappa shape index (κ1) is 21.9. The molecule has 1 N–H and O–H groups in total. The maximum absolute atomic E-state index is 13.8. The summed E-state index contributed by atoms with van der Waals surface area (Å²) in [6.45, 7) is 7.93. The fraction of sp³-hybridized carbons (Fsp3) is 0.519. The fourth-order valence-electron chi connectivity index (χ4n) is 6.17. The van der Waals surface area contributed by atoms with E-state index in [9.17, 15) is 14.4 Å². The van der Waals surface area contributed by atoms with E-state index >= 15 is 0 Å². The van der Waals surface area contributed by atoms with Crippen LogP contribution in [0.15, 0.2) is 47.5 Å². The Morgan fingerprint density at radius 1 is 1.03 bits per heavy atom. The van der Waals surface area contributed by atoms with Crippen molar-refractivity contribution < 1.29 is 9.59 Å². The van der Waals surface area contributed by atoms with E-state index in [0.29, 0.717) is 13.1 Å². The summed E-state index contributed by atoms with van der Waals surface area (Å²) < 4.78 is 1.81. The maximum atomic E-state index is 13.8. The molecule has 6 nitrogen and oxygen atoms in total. The highest BCUT2D eigenvalue weighted by atomic mass is 16.2. The summed E-state index contributed by atoms with van der Waals surface area (Å²) in [5.41, 5.74) is 0.978. The third-order valence-corrected chi connectivity index (χ3v) is 7.35. The van der Waals surface area contributed by atoms with Gasteiger partial charge in [-0.2, -0.15) is 0 Å². The van der Waals surface area contributed by atoms with Crippen LogP contribution >= 0.6 is 0 Å². The zero-order valence-corrected chi connectivity index (χ0v) is 19.8. The molecule has 33 heavy (non-hydrogen) atoms. The number of benzene rings is 1. The van der Waals surface area contributed by atoms with Crippen molar-refractivity contribution in [2.75, 3.05) is 6.54 Å². The molecule has 1 aromatic heterocycles. The molecule has 6 heteroatoms. The van der Waals surface area contributed by atoms with Crippen LogP contribution in [0, 0.1) is 10.8 Å². The third kappa shape index (κ3) is 4.48. The lowest BCUT2D eigenvalue weighted by atomic mass is 9.65. The van der Waals surface area contributed by atoms with Gasteiger partial charge in [0.2, 0.25) is 5.43 Å². The van der Waals surface area contributed by atoms with Crippen molar-refractivity contribution in [2.45, 2.75) is 71.5 Å². The predicted octanol–water partition coefficient (Wildman–Crippen LogP) is 3.83. The summed E-state index contributed by atoms with van der Waals surface area (Å²) in [4.78, 5) is 41.9. The normalized spacial score (nSPS) is 25.7. The second-order valence-corrected chi connectivity index (χ2v) is 11.5. The van der Waals surface area contributed by atoms with Gasteiger partial charge >= 0.3 is 0 Å². The van der Waals surface area contributed by atoms with Crippen LogP contribution in [-0.2, 0) is 6.54 Å². The summed E-state index contributed by atoms with van der Waals surface area (Å²) in [6.07, 6.45) is 8.09. The van der Waals surface area contributed by atoms with Gasteiger partial charge in [-0.15, -0.1) is 0 Å². The fourth-order valence-corrected chi connectivity index (χ4v) is 6.17. The molecule has 2 heterocycles. The first-order valence-electron chi connectivity index (χ1n) is 12.0. The molecule has 174 valence electrons. The molecule has 2 aliphatic carbocycles. The zero-order chi connectivity index (χ0) is 23.4. The Labute approximate surface area is 195 Å². The minimum atomic E-state index is -0.465. The van der Waals surface area contributed by atoms with Crippen LogP contribution in [0.4, 0.5) is 0 Å². The lowest BCUT2D eigenvalue weighted by molar-refractivity contribution is 0.0706. The number of hydrogen-bond acceptors (Lipinski definition) is 3. The highest BCUT2D eigenvalue weighted by molar-refractivity contribution is 5.99. The number of nitrogens with one attached hydrogen (secondary N) is 1.